The normalized spacial score (nSPS) is 17.0. The molecule has 1 aliphatic heterocycles. The molecular formula is C22H24N2O5. The highest BCUT2D eigenvalue weighted by atomic mass is 16.5. The van der Waals surface area contributed by atoms with Crippen molar-refractivity contribution >= 4 is 29.2 Å². The van der Waals surface area contributed by atoms with Crippen LogP contribution in [-0.4, -0.2) is 37.5 Å². The van der Waals surface area contributed by atoms with Crippen LogP contribution in [0.25, 0.3) is 0 Å². The standard InChI is InChI=1S/C22H24N2O5/c1-14-4-8-18(9-5-14)24-13-16(12-20(24)25)22(27)29-15(2)21(26)23-17-6-10-19(28-3)11-7-17/h4-11,15-16H,12-13H2,1-3H3,(H,23,26)/t15-,16-/m0/s1. The average Bonchev–Trinajstić information content (AvgIpc) is 3.11. The van der Waals surface area contributed by atoms with Crippen molar-refractivity contribution < 1.29 is 23.9 Å². The van der Waals surface area contributed by atoms with Crippen LogP contribution in [0, 0.1) is 12.8 Å². The van der Waals surface area contributed by atoms with Crippen molar-refractivity contribution in [1.29, 1.82) is 0 Å². The summed E-state index contributed by atoms with van der Waals surface area (Å²) in [5.41, 5.74) is 2.41. The highest BCUT2D eigenvalue weighted by molar-refractivity contribution is 6.00. The number of nitrogens with zero attached hydrogens (tertiary/aromatic N) is 1. The molecule has 152 valence electrons. The molecule has 7 nitrogen and oxygen atoms in total. The summed E-state index contributed by atoms with van der Waals surface area (Å²) >= 11 is 0. The van der Waals surface area contributed by atoms with Crippen LogP contribution in [0.5, 0.6) is 5.75 Å². The summed E-state index contributed by atoms with van der Waals surface area (Å²) in [6, 6.07) is 14.4. The van der Waals surface area contributed by atoms with E-state index in [4.69, 9.17) is 9.47 Å². The first-order valence-electron chi connectivity index (χ1n) is 9.40. The van der Waals surface area contributed by atoms with Gasteiger partial charge in [0, 0.05) is 24.3 Å². The molecule has 2 aromatic rings. The van der Waals surface area contributed by atoms with Gasteiger partial charge in [-0.2, -0.15) is 0 Å². The maximum absolute atomic E-state index is 12.5. The molecule has 1 N–H and O–H groups in total. The van der Waals surface area contributed by atoms with Crippen LogP contribution < -0.4 is 15.0 Å². The molecule has 0 bridgehead atoms. The average molecular weight is 396 g/mol. The van der Waals surface area contributed by atoms with Gasteiger partial charge >= 0.3 is 5.97 Å². The molecule has 0 radical (unpaired) electrons. The van der Waals surface area contributed by atoms with E-state index in [1.54, 1.807) is 36.3 Å². The number of anilines is 2. The van der Waals surface area contributed by atoms with Crippen LogP contribution in [-0.2, 0) is 19.1 Å². The lowest BCUT2D eigenvalue weighted by Crippen LogP contribution is -2.33. The minimum Gasteiger partial charge on any atom is -0.497 e. The van der Waals surface area contributed by atoms with Gasteiger partial charge in [0.2, 0.25) is 5.91 Å². The lowest BCUT2D eigenvalue weighted by Gasteiger charge is -2.18. The zero-order valence-corrected chi connectivity index (χ0v) is 16.7. The maximum atomic E-state index is 12.5. The summed E-state index contributed by atoms with van der Waals surface area (Å²) in [4.78, 5) is 38.7. The van der Waals surface area contributed by atoms with E-state index in [2.05, 4.69) is 5.32 Å². The predicted molar refractivity (Wildman–Crippen MR) is 109 cm³/mol. The Balaban J connectivity index is 1.55. The van der Waals surface area contributed by atoms with Crippen LogP contribution in [0.3, 0.4) is 0 Å². The molecule has 0 aromatic heterocycles. The van der Waals surface area contributed by atoms with Crippen molar-refractivity contribution in [2.45, 2.75) is 26.4 Å². The van der Waals surface area contributed by atoms with Crippen LogP contribution >= 0.6 is 0 Å². The predicted octanol–water partition coefficient (Wildman–Crippen LogP) is 2.93. The summed E-state index contributed by atoms with van der Waals surface area (Å²) in [5, 5.41) is 2.69. The Kier molecular flexibility index (Phi) is 6.16. The molecule has 2 aromatic carbocycles. The van der Waals surface area contributed by atoms with Crippen LogP contribution in [0.4, 0.5) is 11.4 Å². The van der Waals surface area contributed by atoms with Crippen molar-refractivity contribution in [3.05, 3.63) is 54.1 Å². The molecule has 3 rings (SSSR count). The van der Waals surface area contributed by atoms with Gasteiger partial charge in [0.25, 0.3) is 5.91 Å². The zero-order chi connectivity index (χ0) is 21.0. The third-order valence-electron chi connectivity index (χ3n) is 4.82. The Morgan fingerprint density at radius 3 is 2.38 bits per heavy atom. The first-order valence-corrected chi connectivity index (χ1v) is 9.40. The van der Waals surface area contributed by atoms with E-state index in [1.807, 2.05) is 31.2 Å². The fourth-order valence-corrected chi connectivity index (χ4v) is 3.08. The second-order valence-electron chi connectivity index (χ2n) is 7.04. The van der Waals surface area contributed by atoms with Gasteiger partial charge in [0.15, 0.2) is 6.10 Å². The number of esters is 1. The van der Waals surface area contributed by atoms with Gasteiger partial charge in [0.05, 0.1) is 13.0 Å². The van der Waals surface area contributed by atoms with Gasteiger partial charge in [-0.3, -0.25) is 14.4 Å². The van der Waals surface area contributed by atoms with Crippen molar-refractivity contribution in [1.82, 2.24) is 0 Å². The lowest BCUT2D eigenvalue weighted by atomic mass is 10.1. The van der Waals surface area contributed by atoms with Gasteiger partial charge in [-0.1, -0.05) is 17.7 Å². The largest absolute Gasteiger partial charge is 0.497 e. The Morgan fingerprint density at radius 1 is 1.10 bits per heavy atom. The molecular weight excluding hydrogens is 372 g/mol. The molecule has 1 heterocycles. The summed E-state index contributed by atoms with van der Waals surface area (Å²) in [7, 11) is 1.56. The first-order chi connectivity index (χ1) is 13.9. The van der Waals surface area contributed by atoms with Crippen LogP contribution in [0.15, 0.2) is 48.5 Å². The number of amides is 2. The van der Waals surface area contributed by atoms with Gasteiger partial charge in [-0.25, -0.2) is 0 Å². The molecule has 0 aliphatic carbocycles. The van der Waals surface area contributed by atoms with Gasteiger partial charge in [-0.05, 0) is 50.2 Å². The summed E-state index contributed by atoms with van der Waals surface area (Å²) in [5.74, 6) is -1.05. The van der Waals surface area contributed by atoms with Crippen molar-refractivity contribution in [3.8, 4) is 5.75 Å². The van der Waals surface area contributed by atoms with E-state index >= 15 is 0 Å². The number of nitrogens with one attached hydrogen (secondary N) is 1. The highest BCUT2D eigenvalue weighted by Crippen LogP contribution is 2.26. The van der Waals surface area contributed by atoms with Gasteiger partial charge in [-0.15, -0.1) is 0 Å². The Morgan fingerprint density at radius 2 is 1.76 bits per heavy atom. The van der Waals surface area contributed by atoms with E-state index in [-0.39, 0.29) is 18.9 Å². The smallest absolute Gasteiger partial charge is 0.312 e. The van der Waals surface area contributed by atoms with Gasteiger partial charge < -0.3 is 19.7 Å². The molecule has 0 saturated carbocycles. The number of carbonyl (C=O) groups excluding carboxylic acids is 3. The minimum atomic E-state index is -0.979. The number of hydrogen-bond donors (Lipinski definition) is 1. The number of aryl methyl sites for hydroxylation is 1. The van der Waals surface area contributed by atoms with Gasteiger partial charge in [0.1, 0.15) is 5.75 Å². The second-order valence-corrected chi connectivity index (χ2v) is 7.04. The number of rotatable bonds is 6. The molecule has 1 aliphatic rings. The SMILES string of the molecule is COc1ccc(NC(=O)[C@H](C)OC(=O)[C@H]2CC(=O)N(c3ccc(C)cc3)C2)cc1. The summed E-state index contributed by atoms with van der Waals surface area (Å²) in [6.07, 6.45) is -0.910. The fraction of sp³-hybridized carbons (Fsp3) is 0.318. The lowest BCUT2D eigenvalue weighted by molar-refractivity contribution is -0.157. The Labute approximate surface area is 169 Å². The van der Waals surface area contributed by atoms with E-state index in [0.717, 1.165) is 11.3 Å². The molecule has 7 heteroatoms. The fourth-order valence-electron chi connectivity index (χ4n) is 3.08. The first kappa shape index (κ1) is 20.4. The molecule has 29 heavy (non-hydrogen) atoms. The molecule has 0 unspecified atom stereocenters. The third kappa shape index (κ3) is 4.93. The number of methoxy groups -OCH3 is 1. The molecule has 2 amide bonds. The van der Waals surface area contributed by atoms with E-state index in [0.29, 0.717) is 11.4 Å². The summed E-state index contributed by atoms with van der Waals surface area (Å²) in [6.45, 7) is 3.72. The minimum absolute atomic E-state index is 0.0690. The topological polar surface area (TPSA) is 84.9 Å². The van der Waals surface area contributed by atoms with E-state index in [1.165, 1.54) is 6.92 Å². The van der Waals surface area contributed by atoms with Crippen molar-refractivity contribution in [3.63, 3.8) is 0 Å². The number of ether oxygens (including phenoxy) is 2. The quantitative estimate of drug-likeness (QED) is 0.759. The Bertz CT molecular complexity index is 892. The molecule has 1 saturated heterocycles. The third-order valence-corrected chi connectivity index (χ3v) is 4.82. The Hall–Kier alpha value is -3.35. The van der Waals surface area contributed by atoms with Crippen molar-refractivity contribution in [2.75, 3.05) is 23.9 Å². The number of benzene rings is 2. The number of carbonyl (C=O) groups is 3. The monoisotopic (exact) mass is 396 g/mol. The molecule has 0 spiro atoms. The summed E-state index contributed by atoms with van der Waals surface area (Å²) < 4.78 is 10.4. The second kappa shape index (κ2) is 8.77. The van der Waals surface area contributed by atoms with Crippen LogP contribution in [0.1, 0.15) is 18.9 Å². The maximum Gasteiger partial charge on any atom is 0.312 e. The zero-order valence-electron chi connectivity index (χ0n) is 16.7. The van der Waals surface area contributed by atoms with E-state index < -0.39 is 23.9 Å². The molecule has 1 fully saturated rings. The number of hydrogen-bond acceptors (Lipinski definition) is 5. The highest BCUT2D eigenvalue weighted by Gasteiger charge is 2.37. The van der Waals surface area contributed by atoms with Crippen molar-refractivity contribution in [2.24, 2.45) is 5.92 Å². The van der Waals surface area contributed by atoms with Crippen LogP contribution in [0.2, 0.25) is 0 Å². The molecule has 2 atom stereocenters. The van der Waals surface area contributed by atoms with E-state index in [9.17, 15) is 14.4 Å².